The van der Waals surface area contributed by atoms with Gasteiger partial charge in [-0.2, -0.15) is 0 Å². The standard InChI is InChI=1S/C22H30FN3O2/c1-22(2,3)28-21(27)26-13-9-17(10-14-26)16-7-11-25(12-8-16)20-15-18(24-4)5-6-19(20)23/h5-6,15-17H,7-14H2,1-3H3. The monoisotopic (exact) mass is 387 g/mol. The van der Waals surface area contributed by atoms with Crippen LogP contribution in [0.4, 0.5) is 20.6 Å². The highest BCUT2D eigenvalue weighted by Gasteiger charge is 2.32. The zero-order valence-electron chi connectivity index (χ0n) is 17.1. The van der Waals surface area contributed by atoms with Gasteiger partial charge in [0.05, 0.1) is 12.3 Å². The van der Waals surface area contributed by atoms with Crippen molar-refractivity contribution in [2.75, 3.05) is 31.1 Å². The van der Waals surface area contributed by atoms with Crippen LogP contribution in [0, 0.1) is 24.2 Å². The fourth-order valence-electron chi connectivity index (χ4n) is 4.30. The summed E-state index contributed by atoms with van der Waals surface area (Å²) in [5, 5.41) is 0. The van der Waals surface area contributed by atoms with E-state index >= 15 is 0 Å². The SMILES string of the molecule is [C-]#[N+]c1ccc(F)c(N2CCC(C3CCN(C(=O)OC(C)(C)C)CC3)CC2)c1. The second kappa shape index (κ2) is 8.38. The Kier molecular flexibility index (Phi) is 6.12. The van der Waals surface area contributed by atoms with Gasteiger partial charge in [0.15, 0.2) is 5.69 Å². The minimum absolute atomic E-state index is 0.212. The quantitative estimate of drug-likeness (QED) is 0.651. The molecule has 2 fully saturated rings. The molecule has 1 aromatic carbocycles. The molecule has 0 N–H and O–H groups in total. The van der Waals surface area contributed by atoms with E-state index in [1.807, 2.05) is 25.7 Å². The zero-order valence-corrected chi connectivity index (χ0v) is 17.1. The molecule has 0 saturated carbocycles. The number of likely N-dealkylation sites (tertiary alicyclic amines) is 1. The molecule has 0 aliphatic carbocycles. The predicted molar refractivity (Wildman–Crippen MR) is 108 cm³/mol. The summed E-state index contributed by atoms with van der Waals surface area (Å²) in [6, 6.07) is 4.57. The van der Waals surface area contributed by atoms with Gasteiger partial charge in [0, 0.05) is 26.2 Å². The molecule has 6 heteroatoms. The zero-order chi connectivity index (χ0) is 20.3. The van der Waals surface area contributed by atoms with Crippen LogP contribution in [0.5, 0.6) is 0 Å². The number of hydrogen-bond donors (Lipinski definition) is 0. The molecule has 152 valence electrons. The minimum Gasteiger partial charge on any atom is -0.444 e. The van der Waals surface area contributed by atoms with E-state index in [1.165, 1.54) is 12.1 Å². The molecule has 3 rings (SSSR count). The highest BCUT2D eigenvalue weighted by molar-refractivity contribution is 5.68. The molecular formula is C22H30FN3O2. The minimum atomic E-state index is -0.458. The highest BCUT2D eigenvalue weighted by atomic mass is 19.1. The van der Waals surface area contributed by atoms with Crippen molar-refractivity contribution in [2.24, 2.45) is 11.8 Å². The number of piperidine rings is 2. The van der Waals surface area contributed by atoms with Crippen LogP contribution in [0.2, 0.25) is 0 Å². The summed E-state index contributed by atoms with van der Waals surface area (Å²) in [7, 11) is 0. The van der Waals surface area contributed by atoms with E-state index in [1.54, 1.807) is 6.07 Å². The fourth-order valence-corrected chi connectivity index (χ4v) is 4.30. The lowest BCUT2D eigenvalue weighted by molar-refractivity contribution is 0.0152. The fraction of sp³-hybridized carbons (Fsp3) is 0.636. The van der Waals surface area contributed by atoms with Gasteiger partial charge in [0.2, 0.25) is 0 Å². The van der Waals surface area contributed by atoms with Crippen LogP contribution in [0.15, 0.2) is 18.2 Å². The summed E-state index contributed by atoms with van der Waals surface area (Å²) in [5.74, 6) is 0.973. The maximum absolute atomic E-state index is 14.2. The Balaban J connectivity index is 1.50. The summed E-state index contributed by atoms with van der Waals surface area (Å²) in [4.78, 5) is 19.5. The molecule has 0 atom stereocenters. The molecule has 0 unspecified atom stereocenters. The van der Waals surface area contributed by atoms with E-state index in [4.69, 9.17) is 11.3 Å². The van der Waals surface area contributed by atoms with Crippen molar-refractivity contribution < 1.29 is 13.9 Å². The third-order valence-electron chi connectivity index (χ3n) is 5.80. The molecule has 0 aromatic heterocycles. The number of carbonyl (C=O) groups excluding carboxylic acids is 1. The number of rotatable bonds is 2. The van der Waals surface area contributed by atoms with Gasteiger partial charge in [0.1, 0.15) is 11.4 Å². The van der Waals surface area contributed by atoms with E-state index in [0.717, 1.165) is 51.9 Å². The van der Waals surface area contributed by atoms with Crippen molar-refractivity contribution in [3.8, 4) is 0 Å². The van der Waals surface area contributed by atoms with E-state index in [-0.39, 0.29) is 11.9 Å². The largest absolute Gasteiger partial charge is 0.444 e. The van der Waals surface area contributed by atoms with Crippen LogP contribution in [0.3, 0.4) is 0 Å². The molecule has 2 saturated heterocycles. The highest BCUT2D eigenvalue weighted by Crippen LogP contribution is 2.35. The lowest BCUT2D eigenvalue weighted by Crippen LogP contribution is -2.44. The first-order valence-corrected chi connectivity index (χ1v) is 10.2. The van der Waals surface area contributed by atoms with Gasteiger partial charge < -0.3 is 14.5 Å². The Bertz CT molecular complexity index is 737. The molecule has 1 amide bonds. The number of halogens is 1. The van der Waals surface area contributed by atoms with E-state index in [9.17, 15) is 9.18 Å². The van der Waals surface area contributed by atoms with Crippen molar-refractivity contribution in [1.82, 2.24) is 4.90 Å². The lowest BCUT2D eigenvalue weighted by atomic mass is 9.79. The number of anilines is 1. The average molecular weight is 387 g/mol. The molecule has 5 nitrogen and oxygen atoms in total. The molecule has 0 bridgehead atoms. The van der Waals surface area contributed by atoms with E-state index in [2.05, 4.69) is 9.74 Å². The maximum Gasteiger partial charge on any atom is 0.410 e. The molecule has 2 heterocycles. The molecule has 2 aliphatic rings. The van der Waals surface area contributed by atoms with E-state index < -0.39 is 5.60 Å². The molecule has 0 spiro atoms. The number of carbonyl (C=O) groups is 1. The second-order valence-electron chi connectivity index (χ2n) is 8.88. The Morgan fingerprint density at radius 3 is 2.21 bits per heavy atom. The predicted octanol–water partition coefficient (Wildman–Crippen LogP) is 5.24. The Hall–Kier alpha value is -2.29. The topological polar surface area (TPSA) is 37.1 Å². The molecule has 0 radical (unpaired) electrons. The Labute approximate surface area is 167 Å². The molecule has 28 heavy (non-hydrogen) atoms. The van der Waals surface area contributed by atoms with Crippen LogP contribution in [0.25, 0.3) is 4.85 Å². The summed E-state index contributed by atoms with van der Waals surface area (Å²) in [6.07, 6.45) is 3.85. The molecule has 1 aromatic rings. The van der Waals surface area contributed by atoms with Crippen molar-refractivity contribution >= 4 is 17.5 Å². The summed E-state index contributed by atoms with van der Waals surface area (Å²) >= 11 is 0. The number of hydrogen-bond acceptors (Lipinski definition) is 3. The second-order valence-corrected chi connectivity index (χ2v) is 8.88. The number of nitrogens with zero attached hydrogens (tertiary/aromatic N) is 3. The van der Waals surface area contributed by atoms with Crippen LogP contribution in [-0.4, -0.2) is 42.8 Å². The van der Waals surface area contributed by atoms with Gasteiger partial charge in [-0.15, -0.1) is 0 Å². The van der Waals surface area contributed by atoms with Gasteiger partial charge in [0.25, 0.3) is 0 Å². The van der Waals surface area contributed by atoms with Crippen molar-refractivity contribution in [3.63, 3.8) is 0 Å². The van der Waals surface area contributed by atoms with Gasteiger partial charge >= 0.3 is 6.09 Å². The summed E-state index contributed by atoms with van der Waals surface area (Å²) in [6.45, 7) is 15.9. The molecular weight excluding hydrogens is 357 g/mol. The van der Waals surface area contributed by atoms with Crippen molar-refractivity contribution in [1.29, 1.82) is 0 Å². The van der Waals surface area contributed by atoms with Crippen molar-refractivity contribution in [3.05, 3.63) is 35.4 Å². The van der Waals surface area contributed by atoms with Gasteiger partial charge in [-0.05, 0) is 70.4 Å². The third kappa shape index (κ3) is 4.95. The van der Waals surface area contributed by atoms with Gasteiger partial charge in [-0.3, -0.25) is 0 Å². The Morgan fingerprint density at radius 2 is 1.68 bits per heavy atom. The third-order valence-corrected chi connectivity index (χ3v) is 5.80. The summed E-state index contributed by atoms with van der Waals surface area (Å²) < 4.78 is 19.7. The number of benzene rings is 1. The number of ether oxygens (including phenoxy) is 1. The van der Waals surface area contributed by atoms with E-state index in [0.29, 0.717) is 23.2 Å². The molecule has 2 aliphatic heterocycles. The van der Waals surface area contributed by atoms with Gasteiger partial charge in [-0.25, -0.2) is 14.0 Å². The number of amides is 1. The first-order chi connectivity index (χ1) is 13.3. The van der Waals surface area contributed by atoms with Crippen LogP contribution in [-0.2, 0) is 4.74 Å². The lowest BCUT2D eigenvalue weighted by Gasteiger charge is -2.41. The average Bonchev–Trinajstić information content (AvgIpc) is 2.67. The van der Waals surface area contributed by atoms with Gasteiger partial charge in [-0.1, -0.05) is 6.07 Å². The van der Waals surface area contributed by atoms with Crippen LogP contribution in [0.1, 0.15) is 46.5 Å². The Morgan fingerprint density at radius 1 is 1.11 bits per heavy atom. The van der Waals surface area contributed by atoms with Crippen molar-refractivity contribution in [2.45, 2.75) is 52.1 Å². The van der Waals surface area contributed by atoms with Crippen LogP contribution < -0.4 is 4.90 Å². The summed E-state index contributed by atoms with van der Waals surface area (Å²) in [5.41, 5.74) is 0.570. The smallest absolute Gasteiger partial charge is 0.410 e. The normalized spacial score (nSPS) is 19.4. The first kappa shape index (κ1) is 20.4. The maximum atomic E-state index is 14.2. The first-order valence-electron chi connectivity index (χ1n) is 10.2. The van der Waals surface area contributed by atoms with Crippen LogP contribution >= 0.6 is 0 Å².